The molecule has 1 aliphatic rings. The molecule has 0 N–H and O–H groups in total. The average Bonchev–Trinajstić information content (AvgIpc) is 3.36. The van der Waals surface area contributed by atoms with Gasteiger partial charge in [-0.2, -0.15) is 4.98 Å². The largest absolute Gasteiger partial charge is 0.378 e. The summed E-state index contributed by atoms with van der Waals surface area (Å²) in [7, 11) is 3.99. The highest BCUT2D eigenvalue weighted by atomic mass is 16.5. The van der Waals surface area contributed by atoms with Crippen LogP contribution < -0.4 is 4.90 Å². The van der Waals surface area contributed by atoms with Crippen molar-refractivity contribution in [3.05, 3.63) is 65.5 Å². The van der Waals surface area contributed by atoms with Crippen molar-refractivity contribution < 1.29 is 9.32 Å². The predicted molar refractivity (Wildman–Crippen MR) is 117 cm³/mol. The standard InChI is InChI=1S/C24H28N4O2/c1-16(2)18-10-8-17(9-11-18)14-28-15-20(13-22(28)29)23-25-24(30-26-23)19-6-5-7-21(12-19)27(3)4/h5-12,16,20H,13-15H2,1-4H3. The van der Waals surface area contributed by atoms with Gasteiger partial charge in [0.1, 0.15) is 0 Å². The minimum atomic E-state index is -0.0398. The zero-order valence-electron chi connectivity index (χ0n) is 18.0. The summed E-state index contributed by atoms with van der Waals surface area (Å²) in [5.74, 6) is 1.69. The predicted octanol–water partition coefficient (Wildman–Crippen LogP) is 4.44. The van der Waals surface area contributed by atoms with Gasteiger partial charge in [-0.25, -0.2) is 0 Å². The maximum absolute atomic E-state index is 12.6. The first-order valence-electron chi connectivity index (χ1n) is 10.4. The highest BCUT2D eigenvalue weighted by Gasteiger charge is 2.33. The van der Waals surface area contributed by atoms with Gasteiger partial charge in [-0.15, -0.1) is 0 Å². The number of nitrogens with zero attached hydrogens (tertiary/aromatic N) is 4. The van der Waals surface area contributed by atoms with E-state index < -0.39 is 0 Å². The molecule has 2 heterocycles. The molecule has 1 atom stereocenters. The van der Waals surface area contributed by atoms with Gasteiger partial charge in [0, 0.05) is 50.8 Å². The van der Waals surface area contributed by atoms with Gasteiger partial charge in [-0.3, -0.25) is 4.79 Å². The SMILES string of the molecule is CC(C)c1ccc(CN2CC(c3noc(-c4cccc(N(C)C)c4)n3)CC2=O)cc1. The molecule has 1 saturated heterocycles. The molecule has 2 aromatic carbocycles. The molecule has 0 spiro atoms. The third-order valence-corrected chi connectivity index (χ3v) is 5.65. The molecule has 4 rings (SSSR count). The Morgan fingerprint density at radius 2 is 1.93 bits per heavy atom. The lowest BCUT2D eigenvalue weighted by molar-refractivity contribution is -0.128. The van der Waals surface area contributed by atoms with Crippen LogP contribution in [0.1, 0.15) is 49.1 Å². The topological polar surface area (TPSA) is 62.5 Å². The van der Waals surface area contributed by atoms with Crippen LogP contribution in [0.2, 0.25) is 0 Å². The number of hydrogen-bond donors (Lipinski definition) is 0. The van der Waals surface area contributed by atoms with Crippen molar-refractivity contribution in [2.24, 2.45) is 0 Å². The van der Waals surface area contributed by atoms with Crippen LogP contribution >= 0.6 is 0 Å². The van der Waals surface area contributed by atoms with Gasteiger partial charge >= 0.3 is 0 Å². The van der Waals surface area contributed by atoms with Gasteiger partial charge in [0.25, 0.3) is 5.89 Å². The summed E-state index contributed by atoms with van der Waals surface area (Å²) in [6.45, 7) is 5.59. The Labute approximate surface area is 177 Å². The van der Waals surface area contributed by atoms with E-state index in [0.717, 1.165) is 16.8 Å². The Morgan fingerprint density at radius 1 is 1.17 bits per heavy atom. The summed E-state index contributed by atoms with van der Waals surface area (Å²) >= 11 is 0. The van der Waals surface area contributed by atoms with Crippen LogP contribution in [0.4, 0.5) is 5.69 Å². The molecule has 1 unspecified atom stereocenters. The Bertz CT molecular complexity index is 1020. The van der Waals surface area contributed by atoms with Gasteiger partial charge in [-0.05, 0) is 35.2 Å². The van der Waals surface area contributed by atoms with Crippen LogP contribution in [0.3, 0.4) is 0 Å². The Balaban J connectivity index is 1.45. The van der Waals surface area contributed by atoms with E-state index in [4.69, 9.17) is 4.52 Å². The molecule has 1 amide bonds. The van der Waals surface area contributed by atoms with E-state index in [0.29, 0.717) is 37.1 Å². The van der Waals surface area contributed by atoms with Crippen LogP contribution in [0.25, 0.3) is 11.5 Å². The van der Waals surface area contributed by atoms with E-state index in [9.17, 15) is 4.79 Å². The second kappa shape index (κ2) is 8.30. The summed E-state index contributed by atoms with van der Waals surface area (Å²) in [6.07, 6.45) is 0.417. The summed E-state index contributed by atoms with van der Waals surface area (Å²) < 4.78 is 5.51. The first-order valence-corrected chi connectivity index (χ1v) is 10.4. The molecule has 0 aliphatic carbocycles. The molecule has 0 radical (unpaired) electrons. The second-order valence-corrected chi connectivity index (χ2v) is 8.47. The molecule has 30 heavy (non-hydrogen) atoms. The molecular weight excluding hydrogens is 376 g/mol. The van der Waals surface area contributed by atoms with Crippen LogP contribution in [0.15, 0.2) is 53.1 Å². The van der Waals surface area contributed by atoms with Crippen LogP contribution in [-0.2, 0) is 11.3 Å². The summed E-state index contributed by atoms with van der Waals surface area (Å²) in [5.41, 5.74) is 4.40. The molecule has 6 heteroatoms. The molecule has 3 aromatic rings. The number of rotatable bonds is 6. The van der Waals surface area contributed by atoms with Crippen molar-refractivity contribution >= 4 is 11.6 Å². The van der Waals surface area contributed by atoms with E-state index in [2.05, 4.69) is 48.3 Å². The maximum atomic E-state index is 12.6. The summed E-state index contributed by atoms with van der Waals surface area (Å²) in [5, 5.41) is 4.18. The molecule has 1 aliphatic heterocycles. The molecule has 1 aromatic heterocycles. The number of aromatic nitrogens is 2. The van der Waals surface area contributed by atoms with Crippen molar-refractivity contribution in [2.75, 3.05) is 25.5 Å². The number of carbonyl (C=O) groups excluding carboxylic acids is 1. The number of hydrogen-bond acceptors (Lipinski definition) is 5. The van der Waals surface area contributed by atoms with Gasteiger partial charge in [0.15, 0.2) is 5.82 Å². The van der Waals surface area contributed by atoms with E-state index in [1.807, 2.05) is 48.2 Å². The molecule has 0 saturated carbocycles. The first kappa shape index (κ1) is 20.1. The van der Waals surface area contributed by atoms with Gasteiger partial charge in [0.2, 0.25) is 5.91 Å². The molecule has 1 fully saturated rings. The van der Waals surface area contributed by atoms with Crippen molar-refractivity contribution in [3.8, 4) is 11.5 Å². The smallest absolute Gasteiger partial charge is 0.258 e. The quantitative estimate of drug-likeness (QED) is 0.608. The van der Waals surface area contributed by atoms with Gasteiger partial charge in [0.05, 0.1) is 0 Å². The number of benzene rings is 2. The molecule has 6 nitrogen and oxygen atoms in total. The van der Waals surface area contributed by atoms with E-state index >= 15 is 0 Å². The maximum Gasteiger partial charge on any atom is 0.258 e. The normalized spacial score (nSPS) is 16.5. The number of carbonyl (C=O) groups is 1. The lowest BCUT2D eigenvalue weighted by Crippen LogP contribution is -2.24. The van der Waals surface area contributed by atoms with Crippen molar-refractivity contribution in [1.82, 2.24) is 15.0 Å². The highest BCUT2D eigenvalue weighted by molar-refractivity contribution is 5.79. The number of likely N-dealkylation sites (tertiary alicyclic amines) is 1. The fourth-order valence-electron chi connectivity index (χ4n) is 3.76. The Morgan fingerprint density at radius 3 is 2.63 bits per heavy atom. The summed E-state index contributed by atoms with van der Waals surface area (Å²) in [6, 6.07) is 16.5. The van der Waals surface area contributed by atoms with Crippen LogP contribution in [0, 0.1) is 0 Å². The van der Waals surface area contributed by atoms with E-state index in [1.165, 1.54) is 5.56 Å². The zero-order chi connectivity index (χ0) is 21.3. The number of anilines is 1. The first-order chi connectivity index (χ1) is 14.4. The highest BCUT2D eigenvalue weighted by Crippen LogP contribution is 2.30. The van der Waals surface area contributed by atoms with Crippen molar-refractivity contribution in [1.29, 1.82) is 0 Å². The van der Waals surface area contributed by atoms with Crippen molar-refractivity contribution in [2.45, 2.75) is 38.6 Å². The third-order valence-electron chi connectivity index (χ3n) is 5.65. The molecule has 156 valence electrons. The van der Waals surface area contributed by atoms with Crippen molar-refractivity contribution in [3.63, 3.8) is 0 Å². The monoisotopic (exact) mass is 404 g/mol. The second-order valence-electron chi connectivity index (χ2n) is 8.47. The number of amides is 1. The Kier molecular flexibility index (Phi) is 5.57. The fraction of sp³-hybridized carbons (Fsp3) is 0.375. The van der Waals surface area contributed by atoms with Gasteiger partial charge in [-0.1, -0.05) is 49.3 Å². The van der Waals surface area contributed by atoms with Gasteiger partial charge < -0.3 is 14.3 Å². The van der Waals surface area contributed by atoms with Crippen LogP contribution in [-0.4, -0.2) is 41.6 Å². The van der Waals surface area contributed by atoms with Crippen LogP contribution in [0.5, 0.6) is 0 Å². The molecular formula is C24H28N4O2. The third kappa shape index (κ3) is 4.22. The Hall–Kier alpha value is -3.15. The van der Waals surface area contributed by atoms with E-state index in [-0.39, 0.29) is 11.8 Å². The molecule has 0 bridgehead atoms. The minimum Gasteiger partial charge on any atom is -0.378 e. The summed E-state index contributed by atoms with van der Waals surface area (Å²) in [4.78, 5) is 21.1. The lowest BCUT2D eigenvalue weighted by Gasteiger charge is -2.16. The minimum absolute atomic E-state index is 0.0398. The average molecular weight is 405 g/mol. The lowest BCUT2D eigenvalue weighted by atomic mass is 10.0. The fourth-order valence-corrected chi connectivity index (χ4v) is 3.76. The van der Waals surface area contributed by atoms with E-state index in [1.54, 1.807) is 0 Å². The zero-order valence-corrected chi connectivity index (χ0v) is 18.0.